The Bertz CT molecular complexity index is 925. The lowest BCUT2D eigenvalue weighted by Gasteiger charge is -2.31. The van der Waals surface area contributed by atoms with E-state index >= 15 is 0 Å². The Kier molecular flexibility index (Phi) is 7.44. The van der Waals surface area contributed by atoms with Crippen LogP contribution in [0.4, 0.5) is 0 Å². The van der Waals surface area contributed by atoms with E-state index in [4.69, 9.17) is 4.74 Å². The minimum absolute atomic E-state index is 0.00987. The molecular weight excluding hydrogens is 402 g/mol. The van der Waals surface area contributed by atoms with Gasteiger partial charge in [-0.05, 0) is 62.4 Å². The average molecular weight is 432 g/mol. The minimum atomic E-state index is -3.55. The fourth-order valence-electron chi connectivity index (χ4n) is 3.62. The van der Waals surface area contributed by atoms with Crippen molar-refractivity contribution in [2.24, 2.45) is 5.92 Å². The second-order valence-electron chi connectivity index (χ2n) is 7.66. The van der Waals surface area contributed by atoms with Crippen LogP contribution in [-0.2, 0) is 21.2 Å². The Balaban J connectivity index is 1.45. The Morgan fingerprint density at radius 2 is 1.93 bits per heavy atom. The Hall–Kier alpha value is -2.45. The predicted molar refractivity (Wildman–Crippen MR) is 115 cm³/mol. The fraction of sp³-hybridized carbons (Fsp3) is 0.455. The lowest BCUT2D eigenvalue weighted by Crippen LogP contribution is -2.44. The van der Waals surface area contributed by atoms with Crippen LogP contribution < -0.4 is 10.1 Å². The van der Waals surface area contributed by atoms with Gasteiger partial charge in [0, 0.05) is 37.4 Å². The molecule has 0 saturated carbocycles. The molecule has 0 radical (unpaired) electrons. The first-order valence-electron chi connectivity index (χ1n) is 10.2. The molecule has 7 nitrogen and oxygen atoms in total. The number of amides is 1. The number of benzene rings is 1. The van der Waals surface area contributed by atoms with Gasteiger partial charge in [-0.1, -0.05) is 12.1 Å². The third kappa shape index (κ3) is 5.58. The van der Waals surface area contributed by atoms with E-state index in [2.05, 4.69) is 10.3 Å². The van der Waals surface area contributed by atoms with Gasteiger partial charge in [-0.25, -0.2) is 8.42 Å². The maximum atomic E-state index is 12.7. The molecular formula is C22H29N3O4S. The van der Waals surface area contributed by atoms with Crippen LogP contribution in [0.15, 0.2) is 53.7 Å². The number of piperidine rings is 1. The summed E-state index contributed by atoms with van der Waals surface area (Å²) in [4.78, 5) is 16.7. The molecule has 1 N–H and O–H groups in total. The van der Waals surface area contributed by atoms with Crippen molar-refractivity contribution in [2.75, 3.05) is 20.2 Å². The van der Waals surface area contributed by atoms with Gasteiger partial charge in [0.1, 0.15) is 10.6 Å². The summed E-state index contributed by atoms with van der Waals surface area (Å²) in [7, 11) is -1.90. The molecule has 1 amide bonds. The Labute approximate surface area is 178 Å². The van der Waals surface area contributed by atoms with Crippen molar-refractivity contribution in [3.63, 3.8) is 0 Å². The van der Waals surface area contributed by atoms with Crippen LogP contribution in [0.3, 0.4) is 0 Å². The Morgan fingerprint density at radius 3 is 2.53 bits per heavy atom. The van der Waals surface area contributed by atoms with Gasteiger partial charge in [0.05, 0.1) is 7.11 Å². The van der Waals surface area contributed by atoms with Crippen molar-refractivity contribution >= 4 is 15.9 Å². The van der Waals surface area contributed by atoms with Gasteiger partial charge in [0.25, 0.3) is 0 Å². The molecule has 30 heavy (non-hydrogen) atoms. The summed E-state index contributed by atoms with van der Waals surface area (Å²) in [6.45, 7) is 2.69. The molecule has 0 bridgehead atoms. The van der Waals surface area contributed by atoms with Gasteiger partial charge < -0.3 is 10.1 Å². The van der Waals surface area contributed by atoms with Crippen LogP contribution >= 0.6 is 0 Å². The fourth-order valence-corrected chi connectivity index (χ4v) is 5.05. The average Bonchev–Trinajstić information content (AvgIpc) is 2.78. The molecule has 2 heterocycles. The normalized spacial score (nSPS) is 16.7. The van der Waals surface area contributed by atoms with E-state index in [1.807, 2.05) is 31.2 Å². The number of nitrogens with one attached hydrogen (secondary N) is 1. The molecule has 162 valence electrons. The molecule has 1 aliphatic heterocycles. The standard InChI is InChI=1S/C22H29N3O4S/c1-17(5-6-18-7-9-20(29-2)10-8-18)24-22(26)19-11-14-25(15-12-19)30(27,28)21-4-3-13-23-16-21/h3-4,7-10,13,16-17,19H,5-6,11-12,14-15H2,1-2H3,(H,24,26). The van der Waals surface area contributed by atoms with Gasteiger partial charge in [-0.3, -0.25) is 9.78 Å². The Morgan fingerprint density at radius 1 is 1.23 bits per heavy atom. The zero-order valence-corrected chi connectivity index (χ0v) is 18.3. The largest absolute Gasteiger partial charge is 0.497 e. The number of aryl methyl sites for hydroxylation is 1. The molecule has 1 fully saturated rings. The lowest BCUT2D eigenvalue weighted by molar-refractivity contribution is -0.126. The van der Waals surface area contributed by atoms with Crippen LogP contribution in [0.1, 0.15) is 31.7 Å². The summed E-state index contributed by atoms with van der Waals surface area (Å²) in [6.07, 6.45) is 5.66. The molecule has 1 atom stereocenters. The minimum Gasteiger partial charge on any atom is -0.497 e. The quantitative estimate of drug-likeness (QED) is 0.694. The number of ether oxygens (including phenoxy) is 1. The monoisotopic (exact) mass is 431 g/mol. The highest BCUT2D eigenvalue weighted by Crippen LogP contribution is 2.24. The van der Waals surface area contributed by atoms with Gasteiger partial charge in [-0.2, -0.15) is 4.31 Å². The van der Waals surface area contributed by atoms with E-state index in [-0.39, 0.29) is 22.8 Å². The summed E-state index contributed by atoms with van der Waals surface area (Å²) in [6, 6.07) is 11.2. The number of carbonyl (C=O) groups is 1. The molecule has 1 aromatic heterocycles. The number of aromatic nitrogens is 1. The van der Waals surface area contributed by atoms with Crippen molar-refractivity contribution in [3.05, 3.63) is 54.4 Å². The van der Waals surface area contributed by atoms with Crippen LogP contribution in [0, 0.1) is 5.92 Å². The predicted octanol–water partition coefficient (Wildman–Crippen LogP) is 2.63. The molecule has 2 aromatic rings. The maximum Gasteiger partial charge on any atom is 0.244 e. The van der Waals surface area contributed by atoms with Crippen LogP contribution in [-0.4, -0.2) is 49.9 Å². The van der Waals surface area contributed by atoms with Gasteiger partial charge in [0.2, 0.25) is 15.9 Å². The van der Waals surface area contributed by atoms with Crippen LogP contribution in [0.25, 0.3) is 0 Å². The van der Waals surface area contributed by atoms with E-state index < -0.39 is 10.0 Å². The van der Waals surface area contributed by atoms with E-state index in [0.29, 0.717) is 25.9 Å². The smallest absolute Gasteiger partial charge is 0.244 e. The summed E-state index contributed by atoms with van der Waals surface area (Å²) in [5.74, 6) is 0.682. The topological polar surface area (TPSA) is 88.6 Å². The van der Waals surface area contributed by atoms with Gasteiger partial charge in [-0.15, -0.1) is 0 Å². The van der Waals surface area contributed by atoms with Crippen molar-refractivity contribution in [3.8, 4) is 5.75 Å². The highest BCUT2D eigenvalue weighted by molar-refractivity contribution is 7.89. The van der Waals surface area contributed by atoms with E-state index in [1.165, 1.54) is 16.1 Å². The second-order valence-corrected chi connectivity index (χ2v) is 9.60. The number of pyridine rings is 1. The van der Waals surface area contributed by atoms with Crippen LogP contribution in [0.2, 0.25) is 0 Å². The first-order valence-corrected chi connectivity index (χ1v) is 11.7. The zero-order chi connectivity index (χ0) is 21.6. The first-order chi connectivity index (χ1) is 14.4. The molecule has 1 unspecified atom stereocenters. The number of rotatable bonds is 8. The van der Waals surface area contributed by atoms with E-state index in [1.54, 1.807) is 25.4 Å². The zero-order valence-electron chi connectivity index (χ0n) is 17.5. The summed E-state index contributed by atoms with van der Waals surface area (Å²) in [5.41, 5.74) is 1.20. The van der Waals surface area contributed by atoms with Gasteiger partial charge >= 0.3 is 0 Å². The molecule has 3 rings (SSSR count). The summed E-state index contributed by atoms with van der Waals surface area (Å²) in [5, 5.41) is 3.09. The van der Waals surface area contributed by atoms with Crippen LogP contribution in [0.5, 0.6) is 5.75 Å². The second kappa shape index (κ2) is 10.0. The molecule has 1 saturated heterocycles. The molecule has 1 aliphatic rings. The van der Waals surface area contributed by atoms with Crippen molar-refractivity contribution in [1.82, 2.24) is 14.6 Å². The lowest BCUT2D eigenvalue weighted by atomic mass is 9.96. The molecule has 0 spiro atoms. The SMILES string of the molecule is COc1ccc(CCC(C)NC(=O)C2CCN(S(=O)(=O)c3cccnc3)CC2)cc1. The number of carbonyl (C=O) groups excluding carboxylic acids is 1. The number of sulfonamides is 1. The number of nitrogens with zero attached hydrogens (tertiary/aromatic N) is 2. The number of methoxy groups -OCH3 is 1. The summed E-state index contributed by atoms with van der Waals surface area (Å²) < 4.78 is 32.0. The molecule has 0 aliphatic carbocycles. The van der Waals surface area contributed by atoms with E-state index in [9.17, 15) is 13.2 Å². The number of hydrogen-bond acceptors (Lipinski definition) is 5. The molecule has 8 heteroatoms. The third-order valence-electron chi connectivity index (χ3n) is 5.51. The first kappa shape index (κ1) is 22.2. The van der Waals surface area contributed by atoms with E-state index in [0.717, 1.165) is 18.6 Å². The van der Waals surface area contributed by atoms with Gasteiger partial charge in [0.15, 0.2) is 0 Å². The van der Waals surface area contributed by atoms with Crippen molar-refractivity contribution < 1.29 is 17.9 Å². The highest BCUT2D eigenvalue weighted by atomic mass is 32.2. The molecule has 1 aromatic carbocycles. The summed E-state index contributed by atoms with van der Waals surface area (Å²) >= 11 is 0. The van der Waals surface area contributed by atoms with Crippen molar-refractivity contribution in [1.29, 1.82) is 0 Å². The highest BCUT2D eigenvalue weighted by Gasteiger charge is 2.32. The third-order valence-corrected chi connectivity index (χ3v) is 7.39. The number of hydrogen-bond donors (Lipinski definition) is 1. The van der Waals surface area contributed by atoms with Crippen molar-refractivity contribution in [2.45, 2.75) is 43.5 Å². The maximum absolute atomic E-state index is 12.7.